The smallest absolute Gasteiger partial charge is 0.126 e. The van der Waals surface area contributed by atoms with Crippen LogP contribution in [0.1, 0.15) is 18.3 Å². The summed E-state index contributed by atoms with van der Waals surface area (Å²) in [5.74, 6) is 0. The van der Waals surface area contributed by atoms with Gasteiger partial charge in [-0.05, 0) is 29.7 Å². The van der Waals surface area contributed by atoms with Crippen LogP contribution in [0.25, 0.3) is 22.4 Å². The largest absolute Gasteiger partial charge is 0.170 e. The molecule has 22 heavy (non-hydrogen) atoms. The van der Waals surface area contributed by atoms with Crippen LogP contribution in [0, 0.1) is 0 Å². The van der Waals surface area contributed by atoms with Crippen LogP contribution in [-0.2, 0) is 0 Å². The number of rotatable bonds is 4. The van der Waals surface area contributed by atoms with Crippen molar-refractivity contribution in [2.24, 2.45) is 0 Å². The number of benzene rings is 2. The Labute approximate surface area is 143 Å². The highest BCUT2D eigenvalue weighted by atomic mass is 79.9. The van der Waals surface area contributed by atoms with Crippen LogP contribution in [0.15, 0.2) is 54.7 Å². The minimum absolute atomic E-state index is 0.134. The van der Waals surface area contributed by atoms with Gasteiger partial charge in [0.2, 0.25) is 0 Å². The van der Waals surface area contributed by atoms with Crippen molar-refractivity contribution in [2.75, 3.05) is 0 Å². The highest BCUT2D eigenvalue weighted by Crippen LogP contribution is 2.25. The Morgan fingerprint density at radius 1 is 1.00 bits per heavy atom. The van der Waals surface area contributed by atoms with Crippen LogP contribution in [-0.4, -0.2) is 15.0 Å². The van der Waals surface area contributed by atoms with Gasteiger partial charge in [-0.15, -0.1) is 0 Å². The van der Waals surface area contributed by atoms with Gasteiger partial charge in [-0.1, -0.05) is 70.9 Å². The van der Waals surface area contributed by atoms with E-state index in [-0.39, 0.29) is 4.95 Å². The summed E-state index contributed by atoms with van der Waals surface area (Å²) < 4.78 is 0. The summed E-state index contributed by atoms with van der Waals surface area (Å²) in [6, 6.07) is 16.1. The lowest BCUT2D eigenvalue weighted by molar-refractivity contribution is 0.523. The number of hydrogen-bond acceptors (Lipinski definition) is 2. The van der Waals surface area contributed by atoms with Crippen molar-refractivity contribution in [2.45, 2.75) is 18.3 Å². The molecule has 0 aliphatic rings. The molecule has 3 aromatic rings. The molecule has 0 amide bonds. The molecule has 112 valence electrons. The molecule has 0 bridgehead atoms. The predicted molar refractivity (Wildman–Crippen MR) is 94.2 cm³/mol. The van der Waals surface area contributed by atoms with Gasteiger partial charge in [0, 0.05) is 10.6 Å². The second-order valence-electron chi connectivity index (χ2n) is 4.98. The predicted octanol–water partition coefficient (Wildman–Crippen LogP) is 5.57. The molecule has 0 spiro atoms. The maximum atomic E-state index is 5.92. The van der Waals surface area contributed by atoms with Gasteiger partial charge in [0.1, 0.15) is 10.6 Å². The molecule has 0 saturated heterocycles. The lowest BCUT2D eigenvalue weighted by Crippen LogP contribution is -2.04. The molecule has 0 aliphatic carbocycles. The minimum atomic E-state index is 0.134. The maximum absolute atomic E-state index is 5.92. The number of alkyl halides is 1. The molecule has 1 atom stereocenters. The van der Waals surface area contributed by atoms with E-state index in [4.69, 9.17) is 11.6 Å². The summed E-state index contributed by atoms with van der Waals surface area (Å²) in [4.78, 5) is 1.83. The fourth-order valence-corrected chi connectivity index (χ4v) is 2.51. The zero-order valence-corrected chi connectivity index (χ0v) is 14.4. The maximum Gasteiger partial charge on any atom is 0.126 e. The Morgan fingerprint density at radius 3 is 2.14 bits per heavy atom. The molecule has 1 unspecified atom stereocenters. The molecule has 2 aromatic carbocycles. The molecule has 1 heterocycles. The SMILES string of the molecule is CCC(Br)n1ncc(-c2ccc(-c3ccc(Cl)cc3)cc2)n1. The molecule has 0 radical (unpaired) electrons. The Kier molecular flexibility index (Phi) is 4.60. The number of nitrogens with zero attached hydrogens (tertiary/aromatic N) is 3. The first-order valence-corrected chi connectivity index (χ1v) is 8.39. The van der Waals surface area contributed by atoms with Gasteiger partial charge in [0.15, 0.2) is 0 Å². The van der Waals surface area contributed by atoms with E-state index in [1.54, 1.807) is 11.0 Å². The van der Waals surface area contributed by atoms with Crippen molar-refractivity contribution in [1.82, 2.24) is 15.0 Å². The standard InChI is InChI=1S/C17H15BrClN3/c1-2-17(18)22-20-11-16(21-22)14-5-3-12(4-6-14)13-7-9-15(19)10-8-13/h3-11,17H,2H2,1H3. The third-order valence-electron chi connectivity index (χ3n) is 3.45. The van der Waals surface area contributed by atoms with E-state index < -0.39 is 0 Å². The van der Waals surface area contributed by atoms with Crippen LogP contribution in [0.2, 0.25) is 5.02 Å². The molecule has 0 saturated carbocycles. The summed E-state index contributed by atoms with van der Waals surface area (Å²) in [5, 5.41) is 9.55. The van der Waals surface area contributed by atoms with E-state index in [1.165, 1.54) is 0 Å². The first-order chi connectivity index (χ1) is 10.7. The second-order valence-corrected chi connectivity index (χ2v) is 6.47. The fourth-order valence-electron chi connectivity index (χ4n) is 2.18. The number of aromatic nitrogens is 3. The van der Waals surface area contributed by atoms with Crippen molar-refractivity contribution < 1.29 is 0 Å². The summed E-state index contributed by atoms with van der Waals surface area (Å²) in [6.45, 7) is 2.09. The highest BCUT2D eigenvalue weighted by molar-refractivity contribution is 9.09. The van der Waals surface area contributed by atoms with Crippen LogP contribution in [0.5, 0.6) is 0 Å². The first kappa shape index (κ1) is 15.3. The number of halogens is 2. The zero-order chi connectivity index (χ0) is 15.5. The van der Waals surface area contributed by atoms with Gasteiger partial charge in [-0.2, -0.15) is 15.0 Å². The van der Waals surface area contributed by atoms with Crippen LogP contribution < -0.4 is 0 Å². The van der Waals surface area contributed by atoms with Gasteiger partial charge < -0.3 is 0 Å². The van der Waals surface area contributed by atoms with Crippen LogP contribution in [0.3, 0.4) is 0 Å². The van der Waals surface area contributed by atoms with E-state index in [0.29, 0.717) is 0 Å². The van der Waals surface area contributed by atoms with E-state index in [1.807, 2.05) is 24.3 Å². The summed E-state index contributed by atoms with van der Waals surface area (Å²) in [6.07, 6.45) is 2.73. The Morgan fingerprint density at radius 2 is 1.55 bits per heavy atom. The Bertz CT molecular complexity index is 750. The number of hydrogen-bond donors (Lipinski definition) is 0. The van der Waals surface area contributed by atoms with Crippen molar-refractivity contribution in [3.8, 4) is 22.4 Å². The third-order valence-corrected chi connectivity index (χ3v) is 4.72. The molecular weight excluding hydrogens is 362 g/mol. The zero-order valence-electron chi connectivity index (χ0n) is 12.1. The highest BCUT2D eigenvalue weighted by Gasteiger charge is 2.09. The quantitative estimate of drug-likeness (QED) is 0.557. The lowest BCUT2D eigenvalue weighted by atomic mass is 10.0. The van der Waals surface area contributed by atoms with Crippen molar-refractivity contribution in [3.63, 3.8) is 0 Å². The van der Waals surface area contributed by atoms with Crippen molar-refractivity contribution >= 4 is 27.5 Å². The second kappa shape index (κ2) is 6.63. The Balaban J connectivity index is 1.85. The average molecular weight is 377 g/mol. The summed E-state index contributed by atoms with van der Waals surface area (Å²) >= 11 is 9.47. The Hall–Kier alpha value is -1.65. The van der Waals surface area contributed by atoms with E-state index >= 15 is 0 Å². The summed E-state index contributed by atoms with van der Waals surface area (Å²) in [5.41, 5.74) is 4.23. The lowest BCUT2D eigenvalue weighted by Gasteiger charge is -2.05. The van der Waals surface area contributed by atoms with Crippen molar-refractivity contribution in [1.29, 1.82) is 0 Å². The first-order valence-electron chi connectivity index (χ1n) is 7.09. The van der Waals surface area contributed by atoms with E-state index in [0.717, 1.165) is 33.8 Å². The average Bonchev–Trinajstić information content (AvgIpc) is 3.05. The summed E-state index contributed by atoms with van der Waals surface area (Å²) in [7, 11) is 0. The molecule has 0 fully saturated rings. The molecular formula is C17H15BrClN3. The molecule has 0 N–H and O–H groups in total. The van der Waals surface area contributed by atoms with Gasteiger partial charge >= 0.3 is 0 Å². The molecule has 3 rings (SSSR count). The van der Waals surface area contributed by atoms with Gasteiger partial charge in [0.05, 0.1) is 6.20 Å². The molecule has 5 heteroatoms. The van der Waals surface area contributed by atoms with Gasteiger partial charge in [0.25, 0.3) is 0 Å². The topological polar surface area (TPSA) is 30.7 Å². The van der Waals surface area contributed by atoms with Crippen LogP contribution in [0.4, 0.5) is 0 Å². The molecule has 1 aromatic heterocycles. The third kappa shape index (κ3) is 3.23. The molecule has 0 aliphatic heterocycles. The normalized spacial score (nSPS) is 12.3. The monoisotopic (exact) mass is 375 g/mol. The molecule has 3 nitrogen and oxygen atoms in total. The van der Waals surface area contributed by atoms with Gasteiger partial charge in [-0.25, -0.2) is 0 Å². The fraction of sp³-hybridized carbons (Fsp3) is 0.176. The van der Waals surface area contributed by atoms with E-state index in [2.05, 4.69) is 57.3 Å². The van der Waals surface area contributed by atoms with Crippen molar-refractivity contribution in [3.05, 3.63) is 59.8 Å². The minimum Gasteiger partial charge on any atom is -0.170 e. The van der Waals surface area contributed by atoms with Crippen LogP contribution >= 0.6 is 27.5 Å². The van der Waals surface area contributed by atoms with Gasteiger partial charge in [-0.3, -0.25) is 0 Å². The van der Waals surface area contributed by atoms with E-state index in [9.17, 15) is 0 Å².